The lowest BCUT2D eigenvalue weighted by Crippen LogP contribution is -2.63. The predicted molar refractivity (Wildman–Crippen MR) is 73.2 cm³/mol. The van der Waals surface area contributed by atoms with E-state index in [2.05, 4.69) is 19.2 Å². The van der Waals surface area contributed by atoms with E-state index in [0.717, 1.165) is 19.3 Å². The highest BCUT2D eigenvalue weighted by molar-refractivity contribution is 7.92. The molecule has 4 bridgehead atoms. The van der Waals surface area contributed by atoms with E-state index in [1.165, 1.54) is 19.1 Å². The SMILES string of the molecule is CC(C)NC1[C@@H]2CC3C[C@H]1C[C@@](S(C)(=O)=O)(C3)C2. The molecule has 0 amide bonds. The zero-order chi connectivity index (χ0) is 13.1. The molecule has 18 heavy (non-hydrogen) atoms. The van der Waals surface area contributed by atoms with Crippen molar-refractivity contribution in [3.8, 4) is 0 Å². The Labute approximate surface area is 111 Å². The molecule has 0 heterocycles. The monoisotopic (exact) mass is 271 g/mol. The first-order chi connectivity index (χ1) is 8.31. The summed E-state index contributed by atoms with van der Waals surface area (Å²) in [6.45, 7) is 4.38. The van der Waals surface area contributed by atoms with E-state index in [-0.39, 0.29) is 4.75 Å². The molecular formula is C14H25NO2S. The van der Waals surface area contributed by atoms with E-state index in [4.69, 9.17) is 0 Å². The maximum absolute atomic E-state index is 12.2. The van der Waals surface area contributed by atoms with Crippen LogP contribution >= 0.6 is 0 Å². The first-order valence-electron chi connectivity index (χ1n) is 7.26. The summed E-state index contributed by atoms with van der Waals surface area (Å²) in [4.78, 5) is 0. The number of rotatable bonds is 3. The second-order valence-electron chi connectivity index (χ2n) is 7.27. The molecule has 4 rings (SSSR count). The van der Waals surface area contributed by atoms with Crippen LogP contribution in [0.5, 0.6) is 0 Å². The van der Waals surface area contributed by atoms with Gasteiger partial charge < -0.3 is 5.32 Å². The third kappa shape index (κ3) is 1.83. The Hall–Kier alpha value is -0.0900. The molecule has 1 N–H and O–H groups in total. The number of hydrogen-bond donors (Lipinski definition) is 1. The van der Waals surface area contributed by atoms with Crippen LogP contribution in [0, 0.1) is 17.8 Å². The second-order valence-corrected chi connectivity index (χ2v) is 9.68. The van der Waals surface area contributed by atoms with Crippen LogP contribution in [-0.4, -0.2) is 31.5 Å². The second kappa shape index (κ2) is 3.95. The van der Waals surface area contributed by atoms with Gasteiger partial charge in [-0.3, -0.25) is 0 Å². The molecule has 0 aromatic carbocycles. The molecule has 0 saturated heterocycles. The van der Waals surface area contributed by atoms with Gasteiger partial charge in [-0.25, -0.2) is 8.42 Å². The van der Waals surface area contributed by atoms with Crippen LogP contribution in [0.25, 0.3) is 0 Å². The molecule has 4 fully saturated rings. The Morgan fingerprint density at radius 2 is 1.67 bits per heavy atom. The highest BCUT2D eigenvalue weighted by Crippen LogP contribution is 2.58. The number of nitrogens with one attached hydrogen (secondary N) is 1. The van der Waals surface area contributed by atoms with E-state index in [1.54, 1.807) is 0 Å². The molecule has 4 heteroatoms. The van der Waals surface area contributed by atoms with Gasteiger partial charge in [-0.2, -0.15) is 0 Å². The third-order valence-electron chi connectivity index (χ3n) is 5.53. The van der Waals surface area contributed by atoms with Crippen molar-refractivity contribution in [2.24, 2.45) is 17.8 Å². The van der Waals surface area contributed by atoms with Crippen molar-refractivity contribution >= 4 is 9.84 Å². The zero-order valence-corrected chi connectivity index (χ0v) is 12.5. The molecule has 4 saturated carbocycles. The minimum atomic E-state index is -2.90. The summed E-state index contributed by atoms with van der Waals surface area (Å²) >= 11 is 0. The summed E-state index contributed by atoms with van der Waals surface area (Å²) < 4.78 is 24.0. The van der Waals surface area contributed by atoms with Crippen LogP contribution in [0.4, 0.5) is 0 Å². The minimum absolute atomic E-state index is 0.362. The van der Waals surface area contributed by atoms with Gasteiger partial charge in [-0.15, -0.1) is 0 Å². The van der Waals surface area contributed by atoms with Gasteiger partial charge in [0.05, 0.1) is 4.75 Å². The Kier molecular flexibility index (Phi) is 2.84. The van der Waals surface area contributed by atoms with Crippen LogP contribution < -0.4 is 5.32 Å². The van der Waals surface area contributed by atoms with Gasteiger partial charge in [0.15, 0.2) is 9.84 Å². The lowest BCUT2D eigenvalue weighted by atomic mass is 9.53. The Morgan fingerprint density at radius 3 is 2.11 bits per heavy atom. The van der Waals surface area contributed by atoms with Crippen molar-refractivity contribution in [1.82, 2.24) is 5.32 Å². The molecule has 3 nitrogen and oxygen atoms in total. The van der Waals surface area contributed by atoms with Crippen molar-refractivity contribution in [2.45, 2.75) is 62.8 Å². The molecular weight excluding hydrogens is 246 g/mol. The number of hydrogen-bond acceptors (Lipinski definition) is 3. The van der Waals surface area contributed by atoms with Gasteiger partial charge in [-0.05, 0) is 49.9 Å². The largest absolute Gasteiger partial charge is 0.311 e. The van der Waals surface area contributed by atoms with Crippen molar-refractivity contribution < 1.29 is 8.42 Å². The van der Waals surface area contributed by atoms with Gasteiger partial charge >= 0.3 is 0 Å². The Bertz CT molecular complexity index is 427. The molecule has 0 aromatic heterocycles. The summed E-state index contributed by atoms with van der Waals surface area (Å²) in [5.41, 5.74) is 0. The molecule has 4 aliphatic rings. The lowest BCUT2D eigenvalue weighted by Gasteiger charge is -2.59. The lowest BCUT2D eigenvalue weighted by molar-refractivity contribution is -0.00374. The van der Waals surface area contributed by atoms with Crippen LogP contribution in [0.1, 0.15) is 46.0 Å². The van der Waals surface area contributed by atoms with Crippen LogP contribution in [-0.2, 0) is 9.84 Å². The van der Waals surface area contributed by atoms with Gasteiger partial charge in [0.25, 0.3) is 0 Å². The normalized spacial score (nSPS) is 46.9. The summed E-state index contributed by atoms with van der Waals surface area (Å²) in [5.74, 6) is 1.85. The van der Waals surface area contributed by atoms with Crippen LogP contribution in [0.15, 0.2) is 0 Å². The quantitative estimate of drug-likeness (QED) is 0.853. The van der Waals surface area contributed by atoms with Gasteiger partial charge in [-0.1, -0.05) is 13.8 Å². The van der Waals surface area contributed by atoms with Gasteiger partial charge in [0.2, 0.25) is 0 Å². The summed E-state index contributed by atoms with van der Waals surface area (Å²) in [6.07, 6.45) is 6.71. The topological polar surface area (TPSA) is 46.2 Å². The fourth-order valence-corrected chi connectivity index (χ4v) is 6.63. The average Bonchev–Trinajstić information content (AvgIpc) is 2.20. The third-order valence-corrected chi connectivity index (χ3v) is 7.60. The fourth-order valence-electron chi connectivity index (χ4n) is 5.06. The van der Waals surface area contributed by atoms with Crippen molar-refractivity contribution in [1.29, 1.82) is 0 Å². The van der Waals surface area contributed by atoms with Gasteiger partial charge in [0.1, 0.15) is 0 Å². The maximum atomic E-state index is 12.2. The van der Waals surface area contributed by atoms with E-state index in [9.17, 15) is 8.42 Å². The standard InChI is InChI=1S/C14H25NO2S/c1-9(2)15-13-11-4-10-5-12(13)8-14(6-10,7-11)18(3,16)17/h9-13,15H,4-8H2,1-3H3/t10?,11-,12+,13?,14-. The summed E-state index contributed by atoms with van der Waals surface area (Å²) in [5, 5.41) is 3.70. The Morgan fingerprint density at radius 1 is 1.11 bits per heavy atom. The zero-order valence-electron chi connectivity index (χ0n) is 11.6. The van der Waals surface area contributed by atoms with E-state index in [0.29, 0.717) is 29.8 Å². The summed E-state index contributed by atoms with van der Waals surface area (Å²) in [6, 6.07) is 1.07. The predicted octanol–water partition coefficient (Wildman–Crippen LogP) is 1.98. The first kappa shape index (κ1) is 12.9. The molecule has 5 atom stereocenters. The van der Waals surface area contributed by atoms with E-state index in [1.807, 2.05) is 0 Å². The molecule has 0 aliphatic heterocycles. The smallest absolute Gasteiger partial charge is 0.153 e. The molecule has 2 unspecified atom stereocenters. The minimum Gasteiger partial charge on any atom is -0.311 e. The molecule has 4 aliphatic carbocycles. The van der Waals surface area contributed by atoms with Crippen molar-refractivity contribution in [2.75, 3.05) is 6.26 Å². The van der Waals surface area contributed by atoms with Crippen LogP contribution in [0.2, 0.25) is 0 Å². The van der Waals surface area contributed by atoms with Crippen LogP contribution in [0.3, 0.4) is 0 Å². The first-order valence-corrected chi connectivity index (χ1v) is 9.15. The fraction of sp³-hybridized carbons (Fsp3) is 1.00. The molecule has 0 aromatic rings. The number of sulfone groups is 1. The Balaban J connectivity index is 1.89. The van der Waals surface area contributed by atoms with E-state index >= 15 is 0 Å². The highest BCUT2D eigenvalue weighted by atomic mass is 32.2. The van der Waals surface area contributed by atoms with Gasteiger partial charge in [0, 0.05) is 18.3 Å². The van der Waals surface area contributed by atoms with E-state index < -0.39 is 9.84 Å². The molecule has 0 radical (unpaired) electrons. The molecule has 104 valence electrons. The molecule has 0 spiro atoms. The van der Waals surface area contributed by atoms with Crippen molar-refractivity contribution in [3.63, 3.8) is 0 Å². The summed E-state index contributed by atoms with van der Waals surface area (Å²) in [7, 11) is -2.90. The maximum Gasteiger partial charge on any atom is 0.153 e. The highest BCUT2D eigenvalue weighted by Gasteiger charge is 2.59. The van der Waals surface area contributed by atoms with Crippen molar-refractivity contribution in [3.05, 3.63) is 0 Å². The average molecular weight is 271 g/mol.